The van der Waals surface area contributed by atoms with E-state index in [4.69, 9.17) is 16.7 Å². The molecule has 3 rings (SSSR count). The molecular formula is C27H32ClF3N2O2. The molecule has 35 heavy (non-hydrogen) atoms. The van der Waals surface area contributed by atoms with E-state index in [0.29, 0.717) is 42.2 Å². The lowest BCUT2D eigenvalue weighted by Crippen LogP contribution is -2.17. The predicted octanol–water partition coefficient (Wildman–Crippen LogP) is 7.02. The lowest BCUT2D eigenvalue weighted by Gasteiger charge is -2.25. The predicted molar refractivity (Wildman–Crippen MR) is 133 cm³/mol. The van der Waals surface area contributed by atoms with Gasteiger partial charge in [0.25, 0.3) is 0 Å². The summed E-state index contributed by atoms with van der Waals surface area (Å²) < 4.78 is 41.4. The Balaban J connectivity index is 1.63. The summed E-state index contributed by atoms with van der Waals surface area (Å²) in [5.41, 5.74) is 3.02. The largest absolute Gasteiger partial charge is 0.481 e. The highest BCUT2D eigenvalue weighted by atomic mass is 35.5. The Kier molecular flexibility index (Phi) is 9.75. The van der Waals surface area contributed by atoms with Crippen molar-refractivity contribution in [3.05, 3.63) is 69.2 Å². The third-order valence-electron chi connectivity index (χ3n) is 6.52. The zero-order valence-electron chi connectivity index (χ0n) is 19.9. The SMILES string of the molecule is C/C(=N\CCc1ccc(C2CCCCC2)c(C(F)(F)F)c1)c1ccc(CNCCC(=O)O)c(Cl)c1. The van der Waals surface area contributed by atoms with Gasteiger partial charge in [-0.05, 0) is 66.5 Å². The lowest BCUT2D eigenvalue weighted by molar-refractivity contribution is -0.138. The first kappa shape index (κ1) is 27.2. The quantitative estimate of drug-likeness (QED) is 0.268. The van der Waals surface area contributed by atoms with Crippen LogP contribution in [-0.2, 0) is 23.9 Å². The number of alkyl halides is 3. The molecule has 0 unspecified atom stereocenters. The molecule has 1 aliphatic carbocycles. The minimum Gasteiger partial charge on any atom is -0.481 e. The number of hydrogen-bond acceptors (Lipinski definition) is 3. The molecular weight excluding hydrogens is 477 g/mol. The molecule has 0 amide bonds. The highest BCUT2D eigenvalue weighted by Crippen LogP contribution is 2.41. The van der Waals surface area contributed by atoms with E-state index in [0.717, 1.165) is 48.9 Å². The molecule has 1 saturated carbocycles. The number of aliphatic carboxylic acids is 1. The van der Waals surface area contributed by atoms with Gasteiger partial charge in [-0.25, -0.2) is 0 Å². The van der Waals surface area contributed by atoms with Crippen molar-refractivity contribution in [2.75, 3.05) is 13.1 Å². The van der Waals surface area contributed by atoms with E-state index in [1.165, 1.54) is 6.07 Å². The van der Waals surface area contributed by atoms with Crippen LogP contribution in [0.1, 0.15) is 79.2 Å². The van der Waals surface area contributed by atoms with Crippen LogP contribution in [0.3, 0.4) is 0 Å². The van der Waals surface area contributed by atoms with E-state index >= 15 is 0 Å². The number of aliphatic imine (C=N–C) groups is 1. The van der Waals surface area contributed by atoms with Crippen LogP contribution < -0.4 is 5.32 Å². The summed E-state index contributed by atoms with van der Waals surface area (Å²) in [5, 5.41) is 12.3. The van der Waals surface area contributed by atoms with E-state index in [-0.39, 0.29) is 12.3 Å². The number of halogens is 4. The highest BCUT2D eigenvalue weighted by Gasteiger charge is 2.35. The molecule has 2 N–H and O–H groups in total. The third kappa shape index (κ3) is 8.07. The standard InChI is InChI=1S/C27H32ClF3N2O2/c1-18(21-8-9-22(25(28)16-21)17-32-13-12-26(34)35)33-14-11-19-7-10-23(20-5-3-2-4-6-20)24(15-19)27(29,30)31/h7-10,15-16,20,32H,2-6,11-14,17H2,1H3,(H,34,35)/b33-18+. The molecule has 2 aromatic rings. The Morgan fingerprint density at radius 1 is 1.14 bits per heavy atom. The van der Waals surface area contributed by atoms with E-state index in [1.54, 1.807) is 12.1 Å². The second-order valence-electron chi connectivity index (χ2n) is 9.10. The fourth-order valence-electron chi connectivity index (χ4n) is 4.55. The number of carboxylic acid groups (broad SMARTS) is 1. The lowest BCUT2D eigenvalue weighted by atomic mass is 9.81. The number of nitrogens with one attached hydrogen (secondary N) is 1. The third-order valence-corrected chi connectivity index (χ3v) is 6.87. The molecule has 0 heterocycles. The average molecular weight is 509 g/mol. The first-order valence-corrected chi connectivity index (χ1v) is 12.5. The first-order valence-electron chi connectivity index (χ1n) is 12.1. The number of hydrogen-bond donors (Lipinski definition) is 2. The van der Waals surface area contributed by atoms with Crippen molar-refractivity contribution in [1.82, 2.24) is 5.32 Å². The van der Waals surface area contributed by atoms with Gasteiger partial charge >= 0.3 is 12.1 Å². The van der Waals surface area contributed by atoms with Crippen molar-refractivity contribution in [3.8, 4) is 0 Å². The van der Waals surface area contributed by atoms with Crippen LogP contribution in [0.5, 0.6) is 0 Å². The molecule has 0 bridgehead atoms. The van der Waals surface area contributed by atoms with Gasteiger partial charge < -0.3 is 10.4 Å². The maximum Gasteiger partial charge on any atom is 0.416 e. The summed E-state index contributed by atoms with van der Waals surface area (Å²) in [4.78, 5) is 15.1. The second kappa shape index (κ2) is 12.5. The zero-order chi connectivity index (χ0) is 25.4. The average Bonchev–Trinajstić information content (AvgIpc) is 2.82. The van der Waals surface area contributed by atoms with Crippen molar-refractivity contribution >= 4 is 23.3 Å². The Morgan fingerprint density at radius 2 is 1.89 bits per heavy atom. The summed E-state index contributed by atoms with van der Waals surface area (Å²) >= 11 is 6.37. The normalized spacial score (nSPS) is 15.4. The smallest absolute Gasteiger partial charge is 0.416 e. The van der Waals surface area contributed by atoms with E-state index < -0.39 is 17.7 Å². The fourth-order valence-corrected chi connectivity index (χ4v) is 4.80. The van der Waals surface area contributed by atoms with Gasteiger partial charge in [-0.2, -0.15) is 13.2 Å². The van der Waals surface area contributed by atoms with Crippen molar-refractivity contribution in [2.24, 2.45) is 4.99 Å². The highest BCUT2D eigenvalue weighted by molar-refractivity contribution is 6.31. The van der Waals surface area contributed by atoms with Gasteiger partial charge in [-0.1, -0.05) is 55.1 Å². The van der Waals surface area contributed by atoms with Gasteiger partial charge in [0.1, 0.15) is 0 Å². The van der Waals surface area contributed by atoms with Gasteiger partial charge in [0.2, 0.25) is 0 Å². The van der Waals surface area contributed by atoms with Gasteiger partial charge in [-0.15, -0.1) is 0 Å². The van der Waals surface area contributed by atoms with Gasteiger partial charge in [0, 0.05) is 30.4 Å². The van der Waals surface area contributed by atoms with Crippen LogP contribution in [0.4, 0.5) is 13.2 Å². The van der Waals surface area contributed by atoms with Crippen LogP contribution in [0.2, 0.25) is 5.02 Å². The maximum atomic E-state index is 13.8. The molecule has 0 radical (unpaired) electrons. The molecule has 2 aromatic carbocycles. The molecule has 1 fully saturated rings. The number of nitrogens with zero attached hydrogens (tertiary/aromatic N) is 1. The molecule has 1 aliphatic rings. The molecule has 8 heteroatoms. The maximum absolute atomic E-state index is 13.8. The van der Waals surface area contributed by atoms with Crippen LogP contribution >= 0.6 is 11.6 Å². The summed E-state index contributed by atoms with van der Waals surface area (Å²) in [5.74, 6) is -0.865. The van der Waals surface area contributed by atoms with Gasteiger partial charge in [0.05, 0.1) is 12.0 Å². The fraction of sp³-hybridized carbons (Fsp3) is 0.481. The Labute approximate surface area is 209 Å². The number of carbonyl (C=O) groups is 1. The van der Waals surface area contributed by atoms with Crippen LogP contribution in [0.15, 0.2) is 41.4 Å². The second-order valence-corrected chi connectivity index (χ2v) is 9.51. The first-order chi connectivity index (χ1) is 16.6. The Morgan fingerprint density at radius 3 is 2.54 bits per heavy atom. The summed E-state index contributed by atoms with van der Waals surface area (Å²) in [6, 6.07) is 10.3. The molecule has 4 nitrogen and oxygen atoms in total. The van der Waals surface area contributed by atoms with Crippen molar-refractivity contribution in [3.63, 3.8) is 0 Å². The monoisotopic (exact) mass is 508 g/mol. The number of benzene rings is 2. The van der Waals surface area contributed by atoms with Crippen LogP contribution in [0.25, 0.3) is 0 Å². The number of carboxylic acids is 1. The Hall–Kier alpha value is -2.38. The van der Waals surface area contributed by atoms with Crippen molar-refractivity contribution < 1.29 is 23.1 Å². The molecule has 0 spiro atoms. The van der Waals surface area contributed by atoms with E-state index in [9.17, 15) is 18.0 Å². The van der Waals surface area contributed by atoms with E-state index in [2.05, 4.69) is 10.3 Å². The molecule has 0 aliphatic heterocycles. The summed E-state index contributed by atoms with van der Waals surface area (Å²) in [6.07, 6.45) is 0.832. The summed E-state index contributed by atoms with van der Waals surface area (Å²) in [7, 11) is 0. The van der Waals surface area contributed by atoms with Crippen molar-refractivity contribution in [1.29, 1.82) is 0 Å². The van der Waals surface area contributed by atoms with Crippen LogP contribution in [-0.4, -0.2) is 29.9 Å². The molecule has 0 aromatic heterocycles. The van der Waals surface area contributed by atoms with Gasteiger partial charge in [0.15, 0.2) is 0 Å². The van der Waals surface area contributed by atoms with E-state index in [1.807, 2.05) is 25.1 Å². The summed E-state index contributed by atoms with van der Waals surface area (Å²) in [6.45, 7) is 3.04. The molecule has 0 atom stereocenters. The van der Waals surface area contributed by atoms with Crippen LogP contribution in [0, 0.1) is 0 Å². The van der Waals surface area contributed by atoms with Crippen molar-refractivity contribution in [2.45, 2.75) is 70.5 Å². The minimum absolute atomic E-state index is 0.00483. The molecule has 0 saturated heterocycles. The zero-order valence-corrected chi connectivity index (χ0v) is 20.7. The number of rotatable bonds is 10. The minimum atomic E-state index is -4.36. The molecule has 190 valence electrons. The van der Waals surface area contributed by atoms with Gasteiger partial charge in [-0.3, -0.25) is 9.79 Å². The topological polar surface area (TPSA) is 61.7 Å². The Bertz CT molecular complexity index is 1050.